The molecule has 9 heteroatoms. The Labute approximate surface area is 194 Å². The monoisotopic (exact) mass is 469 g/mol. The molecule has 178 valence electrons. The van der Waals surface area contributed by atoms with Gasteiger partial charge in [0.15, 0.2) is 11.6 Å². The Morgan fingerprint density at radius 2 is 2.03 bits per heavy atom. The second-order valence-electron chi connectivity index (χ2n) is 8.30. The molecular weight excluding hydrogens is 444 g/mol. The molecule has 0 radical (unpaired) electrons. The molecule has 1 fully saturated rings. The van der Waals surface area contributed by atoms with Crippen LogP contribution in [0.2, 0.25) is 0 Å². The molecule has 0 bridgehead atoms. The van der Waals surface area contributed by atoms with Crippen molar-refractivity contribution < 1.29 is 22.8 Å². The lowest BCUT2D eigenvalue weighted by molar-refractivity contribution is -0.131. The summed E-state index contributed by atoms with van der Waals surface area (Å²) in [4.78, 5) is 40.8. The first-order valence-corrected chi connectivity index (χ1v) is 11.1. The normalized spacial score (nSPS) is 16.6. The molecular formula is C25H25F2N3O4. The first-order valence-electron chi connectivity index (χ1n) is 11.1. The summed E-state index contributed by atoms with van der Waals surface area (Å²) < 4.78 is 37.6. The number of hydrogen-bond acceptors (Lipinski definition) is 5. The van der Waals surface area contributed by atoms with Crippen molar-refractivity contribution in [2.45, 2.75) is 33.4 Å². The molecule has 1 saturated heterocycles. The number of ketones is 1. The zero-order valence-electron chi connectivity index (χ0n) is 19.2. The number of carbonyl (C=O) groups is 2. The summed E-state index contributed by atoms with van der Waals surface area (Å²) >= 11 is 0. The third-order valence-electron chi connectivity index (χ3n) is 6.13. The molecule has 4 rings (SSSR count). The Morgan fingerprint density at radius 1 is 1.26 bits per heavy atom. The zero-order chi connectivity index (χ0) is 24.6. The van der Waals surface area contributed by atoms with Crippen LogP contribution in [0, 0.1) is 11.6 Å². The molecule has 34 heavy (non-hydrogen) atoms. The lowest BCUT2D eigenvalue weighted by Crippen LogP contribution is -2.54. The minimum absolute atomic E-state index is 0.0582. The average molecular weight is 469 g/mol. The van der Waals surface area contributed by atoms with Crippen molar-refractivity contribution in [1.82, 2.24) is 9.47 Å². The summed E-state index contributed by atoms with van der Waals surface area (Å²) in [6.07, 6.45) is 5.38. The maximum absolute atomic E-state index is 15.8. The van der Waals surface area contributed by atoms with Crippen LogP contribution in [0.1, 0.15) is 36.9 Å². The van der Waals surface area contributed by atoms with Crippen LogP contribution in [0.4, 0.5) is 14.5 Å². The van der Waals surface area contributed by atoms with Gasteiger partial charge in [0.25, 0.3) is 0 Å². The number of benzene rings is 1. The fourth-order valence-electron chi connectivity index (χ4n) is 4.45. The first-order chi connectivity index (χ1) is 16.2. The third-order valence-corrected chi connectivity index (χ3v) is 6.13. The molecule has 0 saturated carbocycles. The van der Waals surface area contributed by atoms with Crippen LogP contribution in [0.5, 0.6) is 0 Å². The highest BCUT2D eigenvalue weighted by Gasteiger charge is 2.30. The van der Waals surface area contributed by atoms with E-state index >= 15 is 8.78 Å². The minimum Gasteiger partial charge on any atom is -0.465 e. The van der Waals surface area contributed by atoms with E-state index < -0.39 is 22.8 Å². The molecule has 1 amide bonds. The second-order valence-corrected chi connectivity index (χ2v) is 8.30. The largest absolute Gasteiger partial charge is 0.465 e. The van der Waals surface area contributed by atoms with Crippen LogP contribution in [0.3, 0.4) is 0 Å². The maximum Gasteiger partial charge on any atom is 0.219 e. The quantitative estimate of drug-likeness (QED) is 0.419. The van der Waals surface area contributed by atoms with E-state index in [2.05, 4.69) is 0 Å². The molecule has 1 aliphatic heterocycles. The van der Waals surface area contributed by atoms with Crippen LogP contribution >= 0.6 is 0 Å². The highest BCUT2D eigenvalue weighted by atomic mass is 19.1. The van der Waals surface area contributed by atoms with Crippen molar-refractivity contribution in [3.63, 3.8) is 0 Å². The predicted octanol–water partition coefficient (Wildman–Crippen LogP) is 3.85. The summed E-state index contributed by atoms with van der Waals surface area (Å²) in [5.41, 5.74) is -1.22. The number of fused-ring (bicyclic) bond motifs is 1. The Hall–Kier alpha value is -3.75. The number of allylic oxidation sites excluding steroid dienone is 1. The van der Waals surface area contributed by atoms with Crippen molar-refractivity contribution in [1.29, 1.82) is 0 Å². The van der Waals surface area contributed by atoms with Crippen LogP contribution in [-0.4, -0.2) is 46.8 Å². The fraction of sp³-hybridized carbons (Fsp3) is 0.320. The highest BCUT2D eigenvalue weighted by molar-refractivity contribution is 6.08. The van der Waals surface area contributed by atoms with Gasteiger partial charge in [-0.2, -0.15) is 0 Å². The van der Waals surface area contributed by atoms with E-state index in [0.29, 0.717) is 12.3 Å². The Morgan fingerprint density at radius 3 is 2.65 bits per heavy atom. The molecule has 3 aromatic rings. The fourth-order valence-corrected chi connectivity index (χ4v) is 4.45. The van der Waals surface area contributed by atoms with Crippen molar-refractivity contribution in [3.05, 3.63) is 69.9 Å². The number of hydrogen-bond donors (Lipinski definition) is 0. The predicted molar refractivity (Wildman–Crippen MR) is 125 cm³/mol. The molecule has 2 aromatic heterocycles. The van der Waals surface area contributed by atoms with Gasteiger partial charge in [-0.05, 0) is 44.2 Å². The van der Waals surface area contributed by atoms with Crippen molar-refractivity contribution in [3.8, 4) is 0 Å². The van der Waals surface area contributed by atoms with Gasteiger partial charge < -0.3 is 18.8 Å². The van der Waals surface area contributed by atoms with Gasteiger partial charge in [-0.1, -0.05) is 0 Å². The van der Waals surface area contributed by atoms with E-state index in [0.717, 1.165) is 6.07 Å². The Balaban J connectivity index is 1.79. The molecule has 7 nitrogen and oxygen atoms in total. The smallest absolute Gasteiger partial charge is 0.219 e. The standard InChI is InChI=1S/C25H25F2N3O4/c1-4-28-14-19(21(32)8-7-17-6-5-11-34-17)25(33)18-12-20(26)24(22(27)23(18)28)29-9-10-30(16(3)31)15(2)13-29/h5-8,11-12,14-15H,4,9-10,13H2,1-3H3. The number of halogens is 2. The lowest BCUT2D eigenvalue weighted by atomic mass is 10.0. The zero-order valence-corrected chi connectivity index (χ0v) is 19.2. The van der Waals surface area contributed by atoms with Crippen LogP contribution in [-0.2, 0) is 11.3 Å². The van der Waals surface area contributed by atoms with Crippen LogP contribution < -0.4 is 10.3 Å². The number of amides is 1. The van der Waals surface area contributed by atoms with Gasteiger partial charge in [0.05, 0.1) is 22.7 Å². The topological polar surface area (TPSA) is 75.8 Å². The molecule has 0 N–H and O–H groups in total. The summed E-state index contributed by atoms with van der Waals surface area (Å²) in [6, 6.07) is 4.08. The number of anilines is 1. The SMILES string of the molecule is CCn1cc(C(=O)C=Cc2ccco2)c(=O)c2cc(F)c(N3CCN(C(C)=O)C(C)C3)c(F)c21. The molecule has 3 heterocycles. The van der Waals surface area contributed by atoms with Crippen molar-refractivity contribution in [2.75, 3.05) is 24.5 Å². The number of piperazine rings is 1. The van der Waals surface area contributed by atoms with Crippen molar-refractivity contribution in [2.24, 2.45) is 0 Å². The van der Waals surface area contributed by atoms with Gasteiger partial charge in [-0.3, -0.25) is 14.4 Å². The second kappa shape index (κ2) is 9.24. The van der Waals surface area contributed by atoms with E-state index in [1.165, 1.54) is 36.1 Å². The number of aryl methyl sites for hydroxylation is 1. The van der Waals surface area contributed by atoms with Gasteiger partial charge in [0, 0.05) is 45.3 Å². The van der Waals surface area contributed by atoms with Gasteiger partial charge in [-0.15, -0.1) is 0 Å². The molecule has 1 unspecified atom stereocenters. The number of carbonyl (C=O) groups excluding carboxylic acids is 2. The van der Waals surface area contributed by atoms with Crippen molar-refractivity contribution >= 4 is 34.4 Å². The van der Waals surface area contributed by atoms with E-state index in [1.807, 2.05) is 6.92 Å². The van der Waals surface area contributed by atoms with Gasteiger partial charge in [0.1, 0.15) is 17.3 Å². The number of rotatable bonds is 5. The van der Waals surface area contributed by atoms with Crippen LogP contribution in [0.25, 0.3) is 17.0 Å². The lowest BCUT2D eigenvalue weighted by Gasteiger charge is -2.40. The Kier molecular flexibility index (Phi) is 6.37. The average Bonchev–Trinajstić information content (AvgIpc) is 3.31. The maximum atomic E-state index is 15.8. The van der Waals surface area contributed by atoms with E-state index in [1.54, 1.807) is 28.9 Å². The first kappa shape index (κ1) is 23.4. The Bertz CT molecular complexity index is 1340. The third kappa shape index (κ3) is 4.13. The van der Waals surface area contributed by atoms with E-state index in [-0.39, 0.29) is 53.7 Å². The summed E-state index contributed by atoms with van der Waals surface area (Å²) in [6.45, 7) is 6.13. The number of furan rings is 1. The molecule has 1 aliphatic rings. The highest BCUT2D eigenvalue weighted by Crippen LogP contribution is 2.31. The molecule has 0 spiro atoms. The van der Waals surface area contributed by atoms with Gasteiger partial charge >= 0.3 is 0 Å². The summed E-state index contributed by atoms with van der Waals surface area (Å²) in [5, 5.41) is -0.201. The van der Waals surface area contributed by atoms with E-state index in [4.69, 9.17) is 4.42 Å². The number of pyridine rings is 1. The van der Waals surface area contributed by atoms with Crippen LogP contribution in [0.15, 0.2) is 45.9 Å². The van der Waals surface area contributed by atoms with E-state index in [9.17, 15) is 14.4 Å². The minimum atomic E-state index is -0.885. The summed E-state index contributed by atoms with van der Waals surface area (Å²) in [5.74, 6) is -1.99. The number of nitrogens with zero attached hydrogens (tertiary/aromatic N) is 3. The molecule has 1 aromatic carbocycles. The molecule has 0 aliphatic carbocycles. The molecule has 1 atom stereocenters. The van der Waals surface area contributed by atoms with Gasteiger partial charge in [0.2, 0.25) is 11.3 Å². The summed E-state index contributed by atoms with van der Waals surface area (Å²) in [7, 11) is 0. The number of aromatic nitrogens is 1. The van der Waals surface area contributed by atoms with Gasteiger partial charge in [-0.25, -0.2) is 8.78 Å².